The zero-order chi connectivity index (χ0) is 18.1. The Bertz CT molecular complexity index is 923. The van der Waals surface area contributed by atoms with Crippen LogP contribution in [-0.4, -0.2) is 18.3 Å². The fourth-order valence-electron chi connectivity index (χ4n) is 3.48. The van der Waals surface area contributed by atoms with Crippen LogP contribution in [0.1, 0.15) is 25.0 Å². The van der Waals surface area contributed by atoms with Gasteiger partial charge in [-0.2, -0.15) is 0 Å². The number of aliphatic hydroxyl groups excluding tert-OH is 1. The van der Waals surface area contributed by atoms with E-state index in [0.717, 1.165) is 12.2 Å². The summed E-state index contributed by atoms with van der Waals surface area (Å²) < 4.78 is 5.84. The average Bonchev–Trinajstić information content (AvgIpc) is 3.06. The number of hydrogen-bond donors (Lipinski definition) is 1. The van der Waals surface area contributed by atoms with E-state index in [1.165, 1.54) is 33.4 Å². The standard InChI is InChI=1S/C24H24O2/c1-24(2,15-25)16-26-20-12-10-17(11-13-20)21-9-5-7-19-14-18-6-3-4-8-22(18)23(19)21/h3-13,25H,14-16H2,1-2H3. The number of aliphatic hydroxyl groups is 1. The highest BCUT2D eigenvalue weighted by molar-refractivity contribution is 5.90. The number of benzene rings is 3. The normalized spacial score (nSPS) is 12.6. The Balaban J connectivity index is 1.64. The van der Waals surface area contributed by atoms with Crippen LogP contribution in [-0.2, 0) is 6.42 Å². The predicted octanol–water partition coefficient (Wildman–Crippen LogP) is 5.32. The van der Waals surface area contributed by atoms with Crippen LogP contribution in [0, 0.1) is 5.41 Å². The molecule has 1 N–H and O–H groups in total. The van der Waals surface area contributed by atoms with Crippen LogP contribution >= 0.6 is 0 Å². The van der Waals surface area contributed by atoms with Crippen molar-refractivity contribution < 1.29 is 9.84 Å². The molecule has 0 spiro atoms. The van der Waals surface area contributed by atoms with Crippen molar-refractivity contribution in [3.63, 3.8) is 0 Å². The summed E-state index contributed by atoms with van der Waals surface area (Å²) >= 11 is 0. The topological polar surface area (TPSA) is 29.5 Å². The molecule has 0 amide bonds. The maximum Gasteiger partial charge on any atom is 0.119 e. The lowest BCUT2D eigenvalue weighted by atomic mass is 9.94. The zero-order valence-corrected chi connectivity index (χ0v) is 15.3. The molecule has 0 aromatic heterocycles. The third-order valence-electron chi connectivity index (χ3n) is 5.04. The molecule has 1 aliphatic carbocycles. The van der Waals surface area contributed by atoms with Gasteiger partial charge < -0.3 is 9.84 Å². The first-order chi connectivity index (χ1) is 12.6. The maximum atomic E-state index is 9.35. The first-order valence-corrected chi connectivity index (χ1v) is 9.12. The van der Waals surface area contributed by atoms with Crippen LogP contribution < -0.4 is 4.74 Å². The summed E-state index contributed by atoms with van der Waals surface area (Å²) in [6.45, 7) is 4.59. The van der Waals surface area contributed by atoms with Crippen molar-refractivity contribution >= 4 is 0 Å². The van der Waals surface area contributed by atoms with Crippen molar-refractivity contribution in [3.8, 4) is 28.0 Å². The molecule has 132 valence electrons. The minimum atomic E-state index is -0.233. The molecular weight excluding hydrogens is 320 g/mol. The van der Waals surface area contributed by atoms with Gasteiger partial charge in [0.2, 0.25) is 0 Å². The van der Waals surface area contributed by atoms with Crippen molar-refractivity contribution in [1.29, 1.82) is 0 Å². The molecule has 0 heterocycles. The summed E-state index contributed by atoms with van der Waals surface area (Å²) in [5, 5.41) is 9.35. The molecule has 0 unspecified atom stereocenters. The van der Waals surface area contributed by atoms with Crippen molar-refractivity contribution in [3.05, 3.63) is 77.9 Å². The highest BCUT2D eigenvalue weighted by atomic mass is 16.5. The molecule has 0 saturated carbocycles. The molecule has 0 saturated heterocycles. The van der Waals surface area contributed by atoms with Gasteiger partial charge in [-0.3, -0.25) is 0 Å². The minimum Gasteiger partial charge on any atom is -0.493 e. The number of hydrogen-bond acceptors (Lipinski definition) is 2. The lowest BCUT2D eigenvalue weighted by Gasteiger charge is -2.21. The summed E-state index contributed by atoms with van der Waals surface area (Å²) in [4.78, 5) is 0. The molecular formula is C24H24O2. The van der Waals surface area contributed by atoms with Crippen LogP contribution in [0.2, 0.25) is 0 Å². The smallest absolute Gasteiger partial charge is 0.119 e. The highest BCUT2D eigenvalue weighted by Crippen LogP contribution is 2.42. The van der Waals surface area contributed by atoms with Gasteiger partial charge in [-0.05, 0) is 51.9 Å². The molecule has 0 radical (unpaired) electrons. The Morgan fingerprint density at radius 3 is 2.31 bits per heavy atom. The predicted molar refractivity (Wildman–Crippen MR) is 106 cm³/mol. The first kappa shape index (κ1) is 16.9. The Kier molecular flexibility index (Phi) is 4.29. The molecule has 2 heteroatoms. The summed E-state index contributed by atoms with van der Waals surface area (Å²) in [5.41, 5.74) is 7.75. The zero-order valence-electron chi connectivity index (χ0n) is 15.3. The minimum absolute atomic E-state index is 0.112. The third kappa shape index (κ3) is 3.13. The van der Waals surface area contributed by atoms with Crippen molar-refractivity contribution in [2.45, 2.75) is 20.3 Å². The van der Waals surface area contributed by atoms with Crippen LogP contribution in [0.5, 0.6) is 5.75 Å². The molecule has 26 heavy (non-hydrogen) atoms. The van der Waals surface area contributed by atoms with Crippen LogP contribution in [0.4, 0.5) is 0 Å². The largest absolute Gasteiger partial charge is 0.493 e. The number of ether oxygens (including phenoxy) is 1. The van der Waals surface area contributed by atoms with Gasteiger partial charge >= 0.3 is 0 Å². The number of rotatable bonds is 5. The third-order valence-corrected chi connectivity index (χ3v) is 5.04. The first-order valence-electron chi connectivity index (χ1n) is 9.12. The van der Waals surface area contributed by atoms with E-state index in [2.05, 4.69) is 54.6 Å². The second-order valence-corrected chi connectivity index (χ2v) is 7.81. The van der Waals surface area contributed by atoms with Crippen LogP contribution in [0.15, 0.2) is 66.7 Å². The molecule has 1 aliphatic rings. The Morgan fingerprint density at radius 1 is 0.846 bits per heavy atom. The lowest BCUT2D eigenvalue weighted by Crippen LogP contribution is -2.25. The van der Waals surface area contributed by atoms with Gasteiger partial charge in [-0.15, -0.1) is 0 Å². The highest BCUT2D eigenvalue weighted by Gasteiger charge is 2.21. The molecule has 0 fully saturated rings. The fraction of sp³-hybridized carbons (Fsp3) is 0.250. The van der Waals surface area contributed by atoms with Crippen LogP contribution in [0.25, 0.3) is 22.3 Å². The summed E-state index contributed by atoms with van der Waals surface area (Å²) in [5.74, 6) is 0.836. The molecule has 0 aliphatic heterocycles. The second kappa shape index (κ2) is 6.62. The molecule has 0 bridgehead atoms. The summed E-state index contributed by atoms with van der Waals surface area (Å²) in [6, 6.07) is 23.5. The van der Waals surface area contributed by atoms with E-state index < -0.39 is 0 Å². The SMILES string of the molecule is CC(C)(CO)COc1ccc(-c2cccc3c2-c2ccccc2C3)cc1. The van der Waals surface area contributed by atoms with Gasteiger partial charge in [0.05, 0.1) is 13.2 Å². The summed E-state index contributed by atoms with van der Waals surface area (Å²) in [6.07, 6.45) is 1.01. The van der Waals surface area contributed by atoms with Gasteiger partial charge in [-0.1, -0.05) is 68.4 Å². The van der Waals surface area contributed by atoms with E-state index in [9.17, 15) is 5.11 Å². The maximum absolute atomic E-state index is 9.35. The van der Waals surface area contributed by atoms with Gasteiger partial charge in [-0.25, -0.2) is 0 Å². The molecule has 2 nitrogen and oxygen atoms in total. The van der Waals surface area contributed by atoms with E-state index in [0.29, 0.717) is 6.61 Å². The van der Waals surface area contributed by atoms with Gasteiger partial charge in [0.25, 0.3) is 0 Å². The quantitative estimate of drug-likeness (QED) is 0.531. The van der Waals surface area contributed by atoms with E-state index in [1.54, 1.807) is 0 Å². The molecule has 3 aromatic carbocycles. The molecule has 3 aromatic rings. The number of fused-ring (bicyclic) bond motifs is 3. The molecule has 4 rings (SSSR count). The van der Waals surface area contributed by atoms with Crippen molar-refractivity contribution in [2.24, 2.45) is 5.41 Å². The van der Waals surface area contributed by atoms with Crippen molar-refractivity contribution in [1.82, 2.24) is 0 Å². The van der Waals surface area contributed by atoms with Gasteiger partial charge in [0.15, 0.2) is 0 Å². The average molecular weight is 344 g/mol. The van der Waals surface area contributed by atoms with E-state index >= 15 is 0 Å². The van der Waals surface area contributed by atoms with E-state index in [4.69, 9.17) is 4.74 Å². The Hall–Kier alpha value is -2.58. The summed E-state index contributed by atoms with van der Waals surface area (Å²) in [7, 11) is 0. The van der Waals surface area contributed by atoms with Crippen molar-refractivity contribution in [2.75, 3.05) is 13.2 Å². The van der Waals surface area contributed by atoms with Gasteiger partial charge in [0, 0.05) is 5.41 Å². The second-order valence-electron chi connectivity index (χ2n) is 7.81. The Labute approximate surface area is 155 Å². The van der Waals surface area contributed by atoms with E-state index in [1.807, 2.05) is 26.0 Å². The van der Waals surface area contributed by atoms with Gasteiger partial charge in [0.1, 0.15) is 5.75 Å². The lowest BCUT2D eigenvalue weighted by molar-refractivity contribution is 0.0976. The fourth-order valence-corrected chi connectivity index (χ4v) is 3.48. The monoisotopic (exact) mass is 344 g/mol. The molecule has 0 atom stereocenters. The van der Waals surface area contributed by atoms with E-state index in [-0.39, 0.29) is 12.0 Å². The Morgan fingerprint density at radius 2 is 1.54 bits per heavy atom. The van der Waals surface area contributed by atoms with Crippen LogP contribution in [0.3, 0.4) is 0 Å².